The van der Waals surface area contributed by atoms with Crippen LogP contribution in [0.3, 0.4) is 0 Å². The van der Waals surface area contributed by atoms with Gasteiger partial charge in [0.05, 0.1) is 24.4 Å². The third kappa shape index (κ3) is 2.65. The fourth-order valence-corrected chi connectivity index (χ4v) is 2.77. The summed E-state index contributed by atoms with van der Waals surface area (Å²) in [6.45, 7) is 3.97. The lowest BCUT2D eigenvalue weighted by atomic mass is 9.97. The highest BCUT2D eigenvalue weighted by Gasteiger charge is 2.35. The van der Waals surface area contributed by atoms with E-state index in [0.29, 0.717) is 18.2 Å². The number of pyridine rings is 1. The van der Waals surface area contributed by atoms with Gasteiger partial charge in [-0.15, -0.1) is 0 Å². The van der Waals surface area contributed by atoms with Crippen molar-refractivity contribution in [2.45, 2.75) is 12.5 Å². The Balaban J connectivity index is 1.89. The number of aryl methyl sites for hydroxylation is 1. The van der Waals surface area contributed by atoms with Crippen LogP contribution < -0.4 is 4.90 Å². The number of hydrogen-bond donors (Lipinski definition) is 0. The summed E-state index contributed by atoms with van der Waals surface area (Å²) in [5.74, 6) is 0.736. The average Bonchev–Trinajstić information content (AvgIpc) is 2.95. The molecule has 0 aromatic carbocycles. The van der Waals surface area contributed by atoms with Gasteiger partial charge in [0.1, 0.15) is 17.5 Å². The van der Waals surface area contributed by atoms with Crippen molar-refractivity contribution >= 4 is 17.4 Å². The van der Waals surface area contributed by atoms with Crippen LogP contribution in [-0.4, -0.2) is 34.5 Å². The Labute approximate surface area is 133 Å². The zero-order chi connectivity index (χ0) is 15.7. The molecule has 1 unspecified atom stereocenters. The summed E-state index contributed by atoms with van der Waals surface area (Å²) in [5.41, 5.74) is 0.809. The first-order valence-corrected chi connectivity index (χ1v) is 7.34. The standard InChI is InChI=1S/C15H16ClN5O/c1-15(11-8-18-20(2)9-11)10-21(5-6-22-15)14-4-3-12(16)13(7-17)19-14/h3-4,8-9H,5-6,10H2,1-2H3. The van der Waals surface area contributed by atoms with E-state index in [1.165, 1.54) is 0 Å². The van der Waals surface area contributed by atoms with Crippen molar-refractivity contribution in [2.24, 2.45) is 7.05 Å². The molecule has 0 radical (unpaired) electrons. The molecule has 0 aliphatic carbocycles. The number of hydrogen-bond acceptors (Lipinski definition) is 5. The summed E-state index contributed by atoms with van der Waals surface area (Å²) in [7, 11) is 1.88. The molecule has 0 amide bonds. The number of nitriles is 1. The minimum atomic E-state index is -0.458. The van der Waals surface area contributed by atoms with Gasteiger partial charge >= 0.3 is 0 Å². The number of aromatic nitrogens is 3. The van der Waals surface area contributed by atoms with E-state index >= 15 is 0 Å². The van der Waals surface area contributed by atoms with E-state index in [0.717, 1.165) is 17.9 Å². The van der Waals surface area contributed by atoms with E-state index in [9.17, 15) is 0 Å². The van der Waals surface area contributed by atoms with Crippen molar-refractivity contribution in [3.63, 3.8) is 0 Å². The van der Waals surface area contributed by atoms with Gasteiger partial charge in [-0.3, -0.25) is 4.68 Å². The van der Waals surface area contributed by atoms with Gasteiger partial charge in [-0.1, -0.05) is 11.6 Å². The van der Waals surface area contributed by atoms with Gasteiger partial charge in [-0.2, -0.15) is 10.4 Å². The number of rotatable bonds is 2. The van der Waals surface area contributed by atoms with Crippen LogP contribution in [0, 0.1) is 11.3 Å². The van der Waals surface area contributed by atoms with Crippen molar-refractivity contribution in [3.05, 3.63) is 40.8 Å². The Bertz CT molecular complexity index is 738. The summed E-state index contributed by atoms with van der Waals surface area (Å²) >= 11 is 5.95. The molecule has 6 nitrogen and oxygen atoms in total. The van der Waals surface area contributed by atoms with Crippen molar-refractivity contribution < 1.29 is 4.74 Å². The molecule has 2 aromatic heterocycles. The highest BCUT2D eigenvalue weighted by molar-refractivity contribution is 6.31. The molecule has 114 valence electrons. The largest absolute Gasteiger partial charge is 0.367 e. The first kappa shape index (κ1) is 14.8. The lowest BCUT2D eigenvalue weighted by Gasteiger charge is -2.40. The van der Waals surface area contributed by atoms with Gasteiger partial charge in [0.15, 0.2) is 5.69 Å². The second-order valence-corrected chi connectivity index (χ2v) is 5.92. The zero-order valence-electron chi connectivity index (χ0n) is 12.5. The van der Waals surface area contributed by atoms with Crippen LogP contribution in [0.25, 0.3) is 0 Å². The predicted molar refractivity (Wildman–Crippen MR) is 82.7 cm³/mol. The number of ether oxygens (including phenoxy) is 1. The summed E-state index contributed by atoms with van der Waals surface area (Å²) in [4.78, 5) is 6.44. The van der Waals surface area contributed by atoms with Gasteiger partial charge in [-0.05, 0) is 19.1 Å². The normalized spacial score (nSPS) is 21.6. The Kier molecular flexibility index (Phi) is 3.77. The predicted octanol–water partition coefficient (Wildman–Crippen LogP) is 2.09. The molecule has 7 heteroatoms. The quantitative estimate of drug-likeness (QED) is 0.848. The first-order chi connectivity index (χ1) is 10.5. The highest BCUT2D eigenvalue weighted by Crippen LogP contribution is 2.31. The number of morpholine rings is 1. The zero-order valence-corrected chi connectivity index (χ0v) is 13.2. The van der Waals surface area contributed by atoms with Gasteiger partial charge in [-0.25, -0.2) is 4.98 Å². The molecule has 22 heavy (non-hydrogen) atoms. The smallest absolute Gasteiger partial charge is 0.161 e. The molecule has 1 saturated heterocycles. The van der Waals surface area contributed by atoms with Crippen LogP contribution >= 0.6 is 11.6 Å². The van der Waals surface area contributed by atoms with Crippen LogP contribution in [0.15, 0.2) is 24.5 Å². The second-order valence-electron chi connectivity index (χ2n) is 5.52. The highest BCUT2D eigenvalue weighted by atomic mass is 35.5. The molecule has 2 aromatic rings. The van der Waals surface area contributed by atoms with Gasteiger partial charge in [0.2, 0.25) is 0 Å². The Morgan fingerprint density at radius 1 is 1.45 bits per heavy atom. The summed E-state index contributed by atoms with van der Waals surface area (Å²) < 4.78 is 7.74. The molecule has 1 aliphatic heterocycles. The summed E-state index contributed by atoms with van der Waals surface area (Å²) in [6, 6.07) is 5.56. The van der Waals surface area contributed by atoms with E-state index in [-0.39, 0.29) is 5.69 Å². The topological polar surface area (TPSA) is 67.0 Å². The van der Waals surface area contributed by atoms with E-state index in [1.807, 2.05) is 38.5 Å². The molecule has 1 atom stereocenters. The number of nitrogens with zero attached hydrogens (tertiary/aromatic N) is 5. The summed E-state index contributed by atoms with van der Waals surface area (Å²) in [6.07, 6.45) is 3.78. The molecule has 0 saturated carbocycles. The minimum absolute atomic E-state index is 0.244. The number of halogens is 1. The first-order valence-electron chi connectivity index (χ1n) is 6.96. The lowest BCUT2D eigenvalue weighted by molar-refractivity contribution is -0.0468. The Morgan fingerprint density at radius 2 is 2.27 bits per heavy atom. The molecular weight excluding hydrogens is 302 g/mol. The molecule has 3 heterocycles. The molecule has 1 fully saturated rings. The van der Waals surface area contributed by atoms with E-state index in [2.05, 4.69) is 15.0 Å². The van der Waals surface area contributed by atoms with Crippen LogP contribution in [0.2, 0.25) is 5.02 Å². The summed E-state index contributed by atoms with van der Waals surface area (Å²) in [5, 5.41) is 13.7. The lowest BCUT2D eigenvalue weighted by Crippen LogP contribution is -2.48. The maximum Gasteiger partial charge on any atom is 0.161 e. The van der Waals surface area contributed by atoms with E-state index in [1.54, 1.807) is 10.7 Å². The fourth-order valence-electron chi connectivity index (χ4n) is 2.62. The average molecular weight is 318 g/mol. The van der Waals surface area contributed by atoms with Gasteiger partial charge in [0, 0.05) is 25.4 Å². The monoisotopic (exact) mass is 317 g/mol. The van der Waals surface area contributed by atoms with Crippen molar-refractivity contribution in [1.29, 1.82) is 5.26 Å². The third-order valence-corrected chi connectivity index (χ3v) is 4.16. The van der Waals surface area contributed by atoms with E-state index < -0.39 is 5.60 Å². The third-order valence-electron chi connectivity index (χ3n) is 3.85. The Hall–Kier alpha value is -2.10. The van der Waals surface area contributed by atoms with Crippen LogP contribution in [-0.2, 0) is 17.4 Å². The molecule has 0 bridgehead atoms. The van der Waals surface area contributed by atoms with Crippen molar-refractivity contribution in [2.75, 3.05) is 24.6 Å². The van der Waals surface area contributed by atoms with Crippen molar-refractivity contribution in [1.82, 2.24) is 14.8 Å². The minimum Gasteiger partial charge on any atom is -0.367 e. The maximum absolute atomic E-state index is 9.07. The molecule has 0 N–H and O–H groups in total. The van der Waals surface area contributed by atoms with Crippen LogP contribution in [0.1, 0.15) is 18.2 Å². The van der Waals surface area contributed by atoms with E-state index in [4.69, 9.17) is 21.6 Å². The van der Waals surface area contributed by atoms with Crippen molar-refractivity contribution in [3.8, 4) is 6.07 Å². The van der Waals surface area contributed by atoms with Gasteiger partial charge < -0.3 is 9.64 Å². The Morgan fingerprint density at radius 3 is 2.95 bits per heavy atom. The van der Waals surface area contributed by atoms with Crippen LogP contribution in [0.4, 0.5) is 5.82 Å². The second kappa shape index (κ2) is 5.59. The number of anilines is 1. The maximum atomic E-state index is 9.07. The van der Waals surface area contributed by atoms with Gasteiger partial charge in [0.25, 0.3) is 0 Å². The van der Waals surface area contributed by atoms with Crippen LogP contribution in [0.5, 0.6) is 0 Å². The molecule has 0 spiro atoms. The molecule has 3 rings (SSSR count). The SMILES string of the molecule is Cn1cc(C2(C)CN(c3ccc(Cl)c(C#N)n3)CCO2)cn1. The molecular formula is C15H16ClN5O. The molecule has 1 aliphatic rings. The fraction of sp³-hybridized carbons (Fsp3) is 0.400.